The maximum atomic E-state index is 12.4. The zero-order chi connectivity index (χ0) is 17.2. The molecule has 8 heteroatoms. The first-order chi connectivity index (χ1) is 10.8. The van der Waals surface area contributed by atoms with Gasteiger partial charge in [-0.25, -0.2) is 9.59 Å². The van der Waals surface area contributed by atoms with Crippen LogP contribution in [0.4, 0.5) is 4.79 Å². The van der Waals surface area contributed by atoms with E-state index in [1.54, 1.807) is 6.92 Å². The topological polar surface area (TPSA) is 116 Å². The number of nitrogens with one attached hydrogen (secondary N) is 2. The fourth-order valence-corrected chi connectivity index (χ4v) is 2.85. The number of amides is 4. The van der Waals surface area contributed by atoms with Crippen LogP contribution in [0.2, 0.25) is 0 Å². The summed E-state index contributed by atoms with van der Waals surface area (Å²) < 4.78 is 0. The lowest BCUT2D eigenvalue weighted by molar-refractivity contribution is -0.142. The lowest BCUT2D eigenvalue weighted by Crippen LogP contribution is -2.48. The number of carboxylic acid groups (broad SMARTS) is 1. The second-order valence-corrected chi connectivity index (χ2v) is 6.40. The van der Waals surface area contributed by atoms with Crippen LogP contribution in [-0.2, 0) is 14.4 Å². The maximum Gasteiger partial charge on any atom is 0.326 e. The van der Waals surface area contributed by atoms with E-state index in [9.17, 15) is 19.2 Å². The van der Waals surface area contributed by atoms with Crippen molar-refractivity contribution in [3.63, 3.8) is 0 Å². The zero-order valence-electron chi connectivity index (χ0n) is 13.4. The molecule has 0 aromatic rings. The Bertz CT molecular complexity index is 531. The van der Waals surface area contributed by atoms with Crippen molar-refractivity contribution < 1.29 is 24.3 Å². The molecule has 0 spiro atoms. The lowest BCUT2D eigenvalue weighted by Gasteiger charge is -2.21. The van der Waals surface area contributed by atoms with Gasteiger partial charge in [-0.3, -0.25) is 14.5 Å². The first-order valence-electron chi connectivity index (χ1n) is 7.95. The van der Waals surface area contributed by atoms with Crippen LogP contribution in [0.3, 0.4) is 0 Å². The first-order valence-corrected chi connectivity index (χ1v) is 7.95. The quantitative estimate of drug-likeness (QED) is 0.561. The van der Waals surface area contributed by atoms with E-state index in [0.29, 0.717) is 12.8 Å². The molecule has 0 bridgehead atoms. The smallest absolute Gasteiger partial charge is 0.326 e. The van der Waals surface area contributed by atoms with Crippen LogP contribution in [-0.4, -0.2) is 51.9 Å². The number of carbonyl (C=O) groups excluding carboxylic acids is 3. The van der Waals surface area contributed by atoms with Crippen molar-refractivity contribution in [1.29, 1.82) is 0 Å². The number of aliphatic carboxylic acids is 1. The van der Waals surface area contributed by atoms with Gasteiger partial charge in [-0.2, -0.15) is 0 Å². The molecular formula is C15H23N3O5. The molecule has 2 atom stereocenters. The van der Waals surface area contributed by atoms with Crippen LogP contribution in [0.25, 0.3) is 0 Å². The van der Waals surface area contributed by atoms with Crippen molar-refractivity contribution in [2.45, 2.75) is 57.5 Å². The normalized spacial score (nSPS) is 25.2. The third-order valence-corrected chi connectivity index (χ3v) is 4.48. The number of unbranched alkanes of at least 4 members (excludes halogenated alkanes) is 1. The van der Waals surface area contributed by atoms with E-state index < -0.39 is 41.9 Å². The molecule has 1 unspecified atom stereocenters. The minimum Gasteiger partial charge on any atom is -0.480 e. The highest BCUT2D eigenvalue weighted by Crippen LogP contribution is 2.42. The fraction of sp³-hybridized carbons (Fsp3) is 0.733. The standard InChI is InChI=1S/C15H23N3O5/c1-3-4-5-10(12(20)21)16-11(19)8-18-13(22)15(2,9-6-7-9)17-14(18)23/h9-10H,3-8H2,1-2H3,(H,16,19)(H,17,23)(H,20,21)/t10-,15?/m0/s1. The highest BCUT2D eigenvalue weighted by Gasteiger charge is 2.56. The third kappa shape index (κ3) is 3.62. The monoisotopic (exact) mass is 325 g/mol. The molecule has 0 aromatic carbocycles. The van der Waals surface area contributed by atoms with Crippen LogP contribution in [0.5, 0.6) is 0 Å². The van der Waals surface area contributed by atoms with E-state index in [0.717, 1.165) is 24.2 Å². The van der Waals surface area contributed by atoms with Crippen LogP contribution >= 0.6 is 0 Å². The van der Waals surface area contributed by atoms with Gasteiger partial charge < -0.3 is 15.7 Å². The van der Waals surface area contributed by atoms with E-state index in [1.807, 2.05) is 6.92 Å². The molecule has 8 nitrogen and oxygen atoms in total. The summed E-state index contributed by atoms with van der Waals surface area (Å²) in [5, 5.41) is 14.1. The summed E-state index contributed by atoms with van der Waals surface area (Å²) >= 11 is 0. The van der Waals surface area contributed by atoms with Gasteiger partial charge in [0, 0.05) is 0 Å². The Kier molecular flexibility index (Phi) is 4.91. The average molecular weight is 325 g/mol. The van der Waals surface area contributed by atoms with E-state index in [1.165, 1.54) is 0 Å². The van der Waals surface area contributed by atoms with E-state index >= 15 is 0 Å². The van der Waals surface area contributed by atoms with Crippen LogP contribution < -0.4 is 10.6 Å². The molecule has 2 aliphatic rings. The molecule has 2 rings (SSSR count). The summed E-state index contributed by atoms with van der Waals surface area (Å²) in [7, 11) is 0. The highest BCUT2D eigenvalue weighted by atomic mass is 16.4. The lowest BCUT2D eigenvalue weighted by atomic mass is 9.96. The van der Waals surface area contributed by atoms with Crippen molar-refractivity contribution in [1.82, 2.24) is 15.5 Å². The number of hydrogen-bond acceptors (Lipinski definition) is 4. The molecule has 1 aliphatic carbocycles. The number of carbonyl (C=O) groups is 4. The predicted molar refractivity (Wildman–Crippen MR) is 80.5 cm³/mol. The average Bonchev–Trinajstić information content (AvgIpc) is 3.29. The van der Waals surface area contributed by atoms with Crippen molar-refractivity contribution in [2.24, 2.45) is 5.92 Å². The molecule has 1 saturated heterocycles. The number of carboxylic acids is 1. The number of nitrogens with zero attached hydrogens (tertiary/aromatic N) is 1. The first kappa shape index (κ1) is 17.2. The summed E-state index contributed by atoms with van der Waals surface area (Å²) in [5.74, 6) is -2.06. The molecule has 23 heavy (non-hydrogen) atoms. The molecular weight excluding hydrogens is 302 g/mol. The highest BCUT2D eigenvalue weighted by molar-refractivity contribution is 6.09. The summed E-state index contributed by atoms with van der Waals surface area (Å²) in [6, 6.07) is -1.60. The number of rotatable bonds is 8. The van der Waals surface area contributed by atoms with E-state index in [2.05, 4.69) is 10.6 Å². The summed E-state index contributed by atoms with van der Waals surface area (Å²) in [5.41, 5.74) is -0.939. The van der Waals surface area contributed by atoms with E-state index in [4.69, 9.17) is 5.11 Å². The molecule has 0 aromatic heterocycles. The Balaban J connectivity index is 1.95. The Morgan fingerprint density at radius 2 is 2.09 bits per heavy atom. The molecule has 1 aliphatic heterocycles. The Morgan fingerprint density at radius 3 is 2.61 bits per heavy atom. The largest absolute Gasteiger partial charge is 0.480 e. The SMILES string of the molecule is CCCC[C@H](NC(=O)CN1C(=O)NC(C)(C2CC2)C1=O)C(=O)O. The van der Waals surface area contributed by atoms with Crippen molar-refractivity contribution in [3.05, 3.63) is 0 Å². The van der Waals surface area contributed by atoms with Gasteiger partial charge in [0.1, 0.15) is 18.1 Å². The minimum absolute atomic E-state index is 0.114. The molecule has 4 amide bonds. The second kappa shape index (κ2) is 6.55. The summed E-state index contributed by atoms with van der Waals surface area (Å²) in [4.78, 5) is 48.4. The molecule has 2 fully saturated rings. The molecule has 0 radical (unpaired) electrons. The van der Waals surface area contributed by atoms with Gasteiger partial charge in [0.15, 0.2) is 0 Å². The van der Waals surface area contributed by atoms with Crippen LogP contribution in [0, 0.1) is 5.92 Å². The van der Waals surface area contributed by atoms with Crippen molar-refractivity contribution >= 4 is 23.8 Å². The predicted octanol–water partition coefficient (Wildman–Crippen LogP) is 0.467. The van der Waals surface area contributed by atoms with Crippen LogP contribution in [0.1, 0.15) is 46.0 Å². The molecule has 1 saturated carbocycles. The number of urea groups is 1. The molecule has 128 valence electrons. The van der Waals surface area contributed by atoms with Gasteiger partial charge in [-0.15, -0.1) is 0 Å². The van der Waals surface area contributed by atoms with Gasteiger partial charge in [-0.1, -0.05) is 19.8 Å². The van der Waals surface area contributed by atoms with Gasteiger partial charge in [-0.05, 0) is 32.1 Å². The van der Waals surface area contributed by atoms with E-state index in [-0.39, 0.29) is 5.92 Å². The second-order valence-electron chi connectivity index (χ2n) is 6.40. The fourth-order valence-electron chi connectivity index (χ4n) is 2.85. The van der Waals surface area contributed by atoms with Gasteiger partial charge in [0.05, 0.1) is 0 Å². The van der Waals surface area contributed by atoms with Gasteiger partial charge in [0.2, 0.25) is 5.91 Å². The Labute approximate surface area is 134 Å². The Hall–Kier alpha value is -2.12. The summed E-state index contributed by atoms with van der Waals surface area (Å²) in [6.45, 7) is 3.14. The number of hydrogen-bond donors (Lipinski definition) is 3. The maximum absolute atomic E-state index is 12.4. The van der Waals surface area contributed by atoms with Gasteiger partial charge >= 0.3 is 12.0 Å². The zero-order valence-corrected chi connectivity index (χ0v) is 13.4. The van der Waals surface area contributed by atoms with Crippen molar-refractivity contribution in [2.75, 3.05) is 6.54 Å². The molecule has 1 heterocycles. The number of imide groups is 1. The summed E-state index contributed by atoms with van der Waals surface area (Å²) in [6.07, 6.45) is 3.55. The molecule has 3 N–H and O–H groups in total. The third-order valence-electron chi connectivity index (χ3n) is 4.48. The van der Waals surface area contributed by atoms with Crippen LogP contribution in [0.15, 0.2) is 0 Å². The van der Waals surface area contributed by atoms with Crippen molar-refractivity contribution in [3.8, 4) is 0 Å². The van der Waals surface area contributed by atoms with Gasteiger partial charge in [0.25, 0.3) is 5.91 Å². The minimum atomic E-state index is -1.12. The Morgan fingerprint density at radius 1 is 1.43 bits per heavy atom.